The second-order valence-electron chi connectivity index (χ2n) is 4.87. The van der Waals surface area contributed by atoms with Gasteiger partial charge in [0.1, 0.15) is 11.6 Å². The van der Waals surface area contributed by atoms with Crippen molar-refractivity contribution in [1.82, 2.24) is 9.97 Å². The standard InChI is InChI=1S/C16H21N3O/c1-5-13-10-15(17-4)19-16(18-13)12-7-6-8-14(9-12)20-11(2)3/h6-11H,5H2,1-4H3,(H,17,18,19). The molecule has 1 heterocycles. The topological polar surface area (TPSA) is 47.0 Å². The van der Waals surface area contributed by atoms with Crippen molar-refractivity contribution in [2.45, 2.75) is 33.3 Å². The van der Waals surface area contributed by atoms with Crippen LogP contribution in [-0.2, 0) is 6.42 Å². The average molecular weight is 271 g/mol. The number of benzene rings is 1. The Morgan fingerprint density at radius 1 is 1.20 bits per heavy atom. The van der Waals surface area contributed by atoms with Crippen LogP contribution in [0, 0.1) is 0 Å². The van der Waals surface area contributed by atoms with Gasteiger partial charge in [0.15, 0.2) is 5.82 Å². The lowest BCUT2D eigenvalue weighted by Gasteiger charge is -2.11. The Bertz CT molecular complexity index is 559. The molecular weight excluding hydrogens is 250 g/mol. The highest BCUT2D eigenvalue weighted by Crippen LogP contribution is 2.23. The van der Waals surface area contributed by atoms with E-state index in [1.807, 2.05) is 51.2 Å². The average Bonchev–Trinajstić information content (AvgIpc) is 2.46. The van der Waals surface area contributed by atoms with Gasteiger partial charge in [0.2, 0.25) is 0 Å². The molecule has 106 valence electrons. The summed E-state index contributed by atoms with van der Waals surface area (Å²) in [7, 11) is 1.86. The Morgan fingerprint density at radius 3 is 2.65 bits per heavy atom. The molecule has 0 aliphatic carbocycles. The highest BCUT2D eigenvalue weighted by molar-refractivity contribution is 5.59. The molecule has 0 aliphatic heterocycles. The first-order valence-electron chi connectivity index (χ1n) is 6.95. The lowest BCUT2D eigenvalue weighted by Crippen LogP contribution is -2.05. The number of hydrogen-bond donors (Lipinski definition) is 1. The molecule has 4 heteroatoms. The molecule has 0 fully saturated rings. The molecule has 0 aliphatic rings. The minimum absolute atomic E-state index is 0.154. The van der Waals surface area contributed by atoms with Gasteiger partial charge in [-0.2, -0.15) is 0 Å². The van der Waals surface area contributed by atoms with E-state index in [1.54, 1.807) is 0 Å². The summed E-state index contributed by atoms with van der Waals surface area (Å²) in [5.74, 6) is 2.40. The number of hydrogen-bond acceptors (Lipinski definition) is 4. The van der Waals surface area contributed by atoms with Crippen molar-refractivity contribution in [3.05, 3.63) is 36.0 Å². The van der Waals surface area contributed by atoms with E-state index < -0.39 is 0 Å². The summed E-state index contributed by atoms with van der Waals surface area (Å²) >= 11 is 0. The summed E-state index contributed by atoms with van der Waals surface area (Å²) < 4.78 is 5.72. The normalized spacial score (nSPS) is 10.7. The highest BCUT2D eigenvalue weighted by atomic mass is 16.5. The van der Waals surface area contributed by atoms with E-state index in [0.29, 0.717) is 0 Å². The molecule has 0 saturated carbocycles. The summed E-state index contributed by atoms with van der Waals surface area (Å²) in [5.41, 5.74) is 1.99. The summed E-state index contributed by atoms with van der Waals surface area (Å²) in [4.78, 5) is 9.10. The van der Waals surface area contributed by atoms with Gasteiger partial charge in [-0.15, -0.1) is 0 Å². The van der Waals surface area contributed by atoms with Crippen LogP contribution in [0.2, 0.25) is 0 Å². The Labute approximate surface area is 120 Å². The zero-order valence-corrected chi connectivity index (χ0v) is 12.5. The monoisotopic (exact) mass is 271 g/mol. The zero-order valence-electron chi connectivity index (χ0n) is 12.5. The molecule has 0 bridgehead atoms. The lowest BCUT2D eigenvalue weighted by molar-refractivity contribution is 0.242. The number of rotatable bonds is 5. The molecule has 0 spiro atoms. The van der Waals surface area contributed by atoms with Crippen LogP contribution >= 0.6 is 0 Å². The highest BCUT2D eigenvalue weighted by Gasteiger charge is 2.07. The molecule has 2 rings (SSSR count). The minimum atomic E-state index is 0.154. The zero-order chi connectivity index (χ0) is 14.5. The van der Waals surface area contributed by atoms with Crippen LogP contribution in [0.4, 0.5) is 5.82 Å². The summed E-state index contributed by atoms with van der Waals surface area (Å²) in [6.07, 6.45) is 1.04. The van der Waals surface area contributed by atoms with E-state index in [1.165, 1.54) is 0 Å². The van der Waals surface area contributed by atoms with Crippen molar-refractivity contribution in [2.24, 2.45) is 0 Å². The third-order valence-electron chi connectivity index (χ3n) is 2.86. The largest absolute Gasteiger partial charge is 0.491 e. The van der Waals surface area contributed by atoms with Crippen molar-refractivity contribution in [3.63, 3.8) is 0 Å². The maximum atomic E-state index is 5.72. The van der Waals surface area contributed by atoms with E-state index in [0.717, 1.165) is 35.1 Å². The van der Waals surface area contributed by atoms with Crippen LogP contribution in [0.15, 0.2) is 30.3 Å². The van der Waals surface area contributed by atoms with Crippen LogP contribution in [0.1, 0.15) is 26.5 Å². The van der Waals surface area contributed by atoms with Gasteiger partial charge in [-0.1, -0.05) is 19.1 Å². The van der Waals surface area contributed by atoms with Crippen LogP contribution in [0.3, 0.4) is 0 Å². The number of nitrogens with zero attached hydrogens (tertiary/aromatic N) is 2. The fourth-order valence-electron chi connectivity index (χ4n) is 1.92. The maximum absolute atomic E-state index is 5.72. The van der Waals surface area contributed by atoms with Crippen molar-refractivity contribution in [2.75, 3.05) is 12.4 Å². The molecule has 2 aromatic rings. The van der Waals surface area contributed by atoms with Crippen LogP contribution in [-0.4, -0.2) is 23.1 Å². The second kappa shape index (κ2) is 6.37. The molecular formula is C16H21N3O. The van der Waals surface area contributed by atoms with Crippen molar-refractivity contribution < 1.29 is 4.74 Å². The smallest absolute Gasteiger partial charge is 0.161 e. The number of ether oxygens (including phenoxy) is 1. The first-order valence-corrected chi connectivity index (χ1v) is 6.95. The quantitative estimate of drug-likeness (QED) is 0.903. The molecule has 1 N–H and O–H groups in total. The predicted molar refractivity (Wildman–Crippen MR) is 82.2 cm³/mol. The Hall–Kier alpha value is -2.10. The first kappa shape index (κ1) is 14.3. The summed E-state index contributed by atoms with van der Waals surface area (Å²) in [6, 6.07) is 9.87. The van der Waals surface area contributed by atoms with Crippen LogP contribution < -0.4 is 10.1 Å². The molecule has 0 amide bonds. The van der Waals surface area contributed by atoms with Crippen LogP contribution in [0.25, 0.3) is 11.4 Å². The van der Waals surface area contributed by atoms with Gasteiger partial charge >= 0.3 is 0 Å². The second-order valence-corrected chi connectivity index (χ2v) is 4.87. The molecule has 0 saturated heterocycles. The third-order valence-corrected chi connectivity index (χ3v) is 2.86. The van der Waals surface area contributed by atoms with Crippen LogP contribution in [0.5, 0.6) is 5.75 Å². The molecule has 0 unspecified atom stereocenters. The minimum Gasteiger partial charge on any atom is -0.491 e. The molecule has 0 radical (unpaired) electrons. The molecule has 1 aromatic heterocycles. The molecule has 4 nitrogen and oxygen atoms in total. The molecule has 1 aromatic carbocycles. The Balaban J connectivity index is 2.40. The lowest BCUT2D eigenvalue weighted by atomic mass is 10.2. The fraction of sp³-hybridized carbons (Fsp3) is 0.375. The van der Waals surface area contributed by atoms with Gasteiger partial charge < -0.3 is 10.1 Å². The van der Waals surface area contributed by atoms with E-state index in [4.69, 9.17) is 4.74 Å². The van der Waals surface area contributed by atoms with E-state index in [9.17, 15) is 0 Å². The Morgan fingerprint density at radius 2 is 2.00 bits per heavy atom. The van der Waals surface area contributed by atoms with Gasteiger partial charge in [-0.25, -0.2) is 9.97 Å². The van der Waals surface area contributed by atoms with E-state index in [-0.39, 0.29) is 6.10 Å². The van der Waals surface area contributed by atoms with Gasteiger partial charge in [0.25, 0.3) is 0 Å². The SMILES string of the molecule is CCc1cc(NC)nc(-c2cccc(OC(C)C)c2)n1. The maximum Gasteiger partial charge on any atom is 0.161 e. The molecule has 20 heavy (non-hydrogen) atoms. The molecule has 0 atom stereocenters. The fourth-order valence-corrected chi connectivity index (χ4v) is 1.92. The van der Waals surface area contributed by atoms with E-state index in [2.05, 4.69) is 22.2 Å². The third kappa shape index (κ3) is 3.47. The first-order chi connectivity index (χ1) is 9.62. The van der Waals surface area contributed by atoms with E-state index >= 15 is 0 Å². The summed E-state index contributed by atoms with van der Waals surface area (Å²) in [6.45, 7) is 6.11. The van der Waals surface area contributed by atoms with Crippen molar-refractivity contribution in [1.29, 1.82) is 0 Å². The van der Waals surface area contributed by atoms with Gasteiger partial charge in [-0.05, 0) is 32.4 Å². The predicted octanol–water partition coefficient (Wildman–Crippen LogP) is 3.53. The number of nitrogens with one attached hydrogen (secondary N) is 1. The van der Waals surface area contributed by atoms with Gasteiger partial charge in [0, 0.05) is 24.4 Å². The number of anilines is 1. The Kier molecular flexibility index (Phi) is 4.56. The number of aromatic nitrogens is 2. The van der Waals surface area contributed by atoms with Gasteiger partial charge in [0.05, 0.1) is 6.10 Å². The van der Waals surface area contributed by atoms with Crippen molar-refractivity contribution in [3.8, 4) is 17.1 Å². The summed E-state index contributed by atoms with van der Waals surface area (Å²) in [5, 5.41) is 3.08. The number of aryl methyl sites for hydroxylation is 1. The van der Waals surface area contributed by atoms with Crippen molar-refractivity contribution >= 4 is 5.82 Å². The van der Waals surface area contributed by atoms with Gasteiger partial charge in [-0.3, -0.25) is 0 Å².